The van der Waals surface area contributed by atoms with Gasteiger partial charge >= 0.3 is 0 Å². The number of nitrogens with two attached hydrogens (primary N) is 1. The number of rotatable bonds is 3. The standard InChI is InChI=1S/C14H13N3O2S/c1-8-16-7-11(20-8)13-12(14(15)17-19-13)9-5-3-4-6-10(9)18-2/h3-7H,1-2H3,(H2,15,17). The van der Waals surface area contributed by atoms with Gasteiger partial charge in [-0.1, -0.05) is 23.4 Å². The number of ether oxygens (including phenoxy) is 1. The topological polar surface area (TPSA) is 74.2 Å². The van der Waals surface area contributed by atoms with E-state index in [2.05, 4.69) is 10.1 Å². The zero-order valence-electron chi connectivity index (χ0n) is 11.1. The number of aryl methyl sites for hydroxylation is 1. The molecule has 102 valence electrons. The molecular formula is C14H13N3O2S. The summed E-state index contributed by atoms with van der Waals surface area (Å²) in [5.41, 5.74) is 7.56. The molecule has 1 aromatic carbocycles. The molecule has 0 aliphatic carbocycles. The highest BCUT2D eigenvalue weighted by Crippen LogP contribution is 2.42. The van der Waals surface area contributed by atoms with Crippen LogP contribution >= 0.6 is 11.3 Å². The van der Waals surface area contributed by atoms with Gasteiger partial charge in [0.25, 0.3) is 0 Å². The number of aromatic nitrogens is 2. The van der Waals surface area contributed by atoms with Crippen LogP contribution in [0.3, 0.4) is 0 Å². The summed E-state index contributed by atoms with van der Waals surface area (Å²) in [5.74, 6) is 1.69. The van der Waals surface area contributed by atoms with Crippen LogP contribution in [0.1, 0.15) is 5.01 Å². The van der Waals surface area contributed by atoms with Gasteiger partial charge in [-0.2, -0.15) is 0 Å². The molecule has 0 amide bonds. The van der Waals surface area contributed by atoms with Crippen LogP contribution in [0.5, 0.6) is 5.75 Å². The second-order valence-electron chi connectivity index (χ2n) is 4.22. The third kappa shape index (κ3) is 2.04. The van der Waals surface area contributed by atoms with Crippen molar-refractivity contribution in [3.8, 4) is 27.5 Å². The summed E-state index contributed by atoms with van der Waals surface area (Å²) in [4.78, 5) is 5.13. The highest BCUT2D eigenvalue weighted by molar-refractivity contribution is 7.15. The SMILES string of the molecule is COc1ccccc1-c1c(N)noc1-c1cnc(C)s1. The summed E-state index contributed by atoms with van der Waals surface area (Å²) in [6, 6.07) is 7.64. The molecule has 0 bridgehead atoms. The van der Waals surface area contributed by atoms with Crippen LogP contribution < -0.4 is 10.5 Å². The van der Waals surface area contributed by atoms with Crippen molar-refractivity contribution >= 4 is 17.2 Å². The van der Waals surface area contributed by atoms with E-state index < -0.39 is 0 Å². The van der Waals surface area contributed by atoms with Gasteiger partial charge in [0.05, 0.1) is 22.6 Å². The first kappa shape index (κ1) is 12.7. The van der Waals surface area contributed by atoms with Gasteiger partial charge in [-0.25, -0.2) is 4.98 Å². The number of methoxy groups -OCH3 is 1. The second-order valence-corrected chi connectivity index (χ2v) is 5.45. The molecule has 6 heteroatoms. The van der Waals surface area contributed by atoms with Crippen molar-refractivity contribution in [2.45, 2.75) is 6.92 Å². The molecular weight excluding hydrogens is 274 g/mol. The van der Waals surface area contributed by atoms with Crippen molar-refractivity contribution in [3.63, 3.8) is 0 Å². The molecule has 3 rings (SSSR count). The summed E-state index contributed by atoms with van der Waals surface area (Å²) in [6.07, 6.45) is 1.76. The average molecular weight is 287 g/mol. The lowest BCUT2D eigenvalue weighted by atomic mass is 10.0. The fourth-order valence-electron chi connectivity index (χ4n) is 2.05. The van der Waals surface area contributed by atoms with Gasteiger partial charge in [-0.3, -0.25) is 0 Å². The Labute approximate surface area is 120 Å². The van der Waals surface area contributed by atoms with Crippen LogP contribution in [0.4, 0.5) is 5.82 Å². The fraction of sp³-hybridized carbons (Fsp3) is 0.143. The predicted octanol–water partition coefficient (Wildman–Crippen LogP) is 3.36. The van der Waals surface area contributed by atoms with E-state index in [0.717, 1.165) is 26.8 Å². The molecule has 3 aromatic rings. The van der Waals surface area contributed by atoms with Gasteiger partial charge in [-0.15, -0.1) is 11.3 Å². The zero-order chi connectivity index (χ0) is 14.1. The molecule has 2 aromatic heterocycles. The monoisotopic (exact) mass is 287 g/mol. The maximum absolute atomic E-state index is 5.96. The Morgan fingerprint density at radius 2 is 2.10 bits per heavy atom. The molecule has 0 aliphatic heterocycles. The van der Waals surface area contributed by atoms with Crippen LogP contribution in [-0.2, 0) is 0 Å². The van der Waals surface area contributed by atoms with Gasteiger partial charge in [0.15, 0.2) is 11.6 Å². The largest absolute Gasteiger partial charge is 0.496 e. The summed E-state index contributed by atoms with van der Waals surface area (Å²) in [6.45, 7) is 1.94. The summed E-state index contributed by atoms with van der Waals surface area (Å²) >= 11 is 1.54. The van der Waals surface area contributed by atoms with Gasteiger partial charge in [0.2, 0.25) is 0 Å². The first-order valence-corrected chi connectivity index (χ1v) is 6.83. The Morgan fingerprint density at radius 1 is 1.30 bits per heavy atom. The van der Waals surface area contributed by atoms with Crippen LogP contribution in [0, 0.1) is 6.92 Å². The van der Waals surface area contributed by atoms with Crippen molar-refractivity contribution in [2.24, 2.45) is 0 Å². The molecule has 0 radical (unpaired) electrons. The molecule has 2 N–H and O–H groups in total. The number of thiazole rings is 1. The Balaban J connectivity index is 2.21. The predicted molar refractivity (Wildman–Crippen MR) is 78.7 cm³/mol. The summed E-state index contributed by atoms with van der Waals surface area (Å²) in [5, 5.41) is 4.84. The first-order chi connectivity index (χ1) is 9.70. The summed E-state index contributed by atoms with van der Waals surface area (Å²) < 4.78 is 10.8. The minimum absolute atomic E-state index is 0.343. The lowest BCUT2D eigenvalue weighted by Gasteiger charge is -2.07. The van der Waals surface area contributed by atoms with E-state index in [0.29, 0.717) is 11.6 Å². The van der Waals surface area contributed by atoms with Gasteiger partial charge in [0, 0.05) is 11.8 Å². The minimum Gasteiger partial charge on any atom is -0.496 e. The molecule has 20 heavy (non-hydrogen) atoms. The molecule has 0 aliphatic rings. The number of anilines is 1. The van der Waals surface area contributed by atoms with Crippen molar-refractivity contribution in [1.82, 2.24) is 10.1 Å². The zero-order valence-corrected chi connectivity index (χ0v) is 11.9. The summed E-state index contributed by atoms with van der Waals surface area (Å²) in [7, 11) is 1.62. The molecule has 5 nitrogen and oxygen atoms in total. The average Bonchev–Trinajstić information content (AvgIpc) is 3.04. The Morgan fingerprint density at radius 3 is 2.80 bits per heavy atom. The molecule has 0 fully saturated rings. The number of hydrogen-bond donors (Lipinski definition) is 1. The number of benzene rings is 1. The van der Waals surface area contributed by atoms with Crippen molar-refractivity contribution < 1.29 is 9.26 Å². The van der Waals surface area contributed by atoms with Crippen molar-refractivity contribution in [1.29, 1.82) is 0 Å². The molecule has 0 saturated heterocycles. The highest BCUT2D eigenvalue weighted by Gasteiger charge is 2.21. The normalized spacial score (nSPS) is 10.7. The second kappa shape index (κ2) is 4.97. The van der Waals surface area contributed by atoms with E-state index in [9.17, 15) is 0 Å². The van der Waals surface area contributed by atoms with Crippen LogP contribution in [0.15, 0.2) is 35.0 Å². The van der Waals surface area contributed by atoms with E-state index in [1.807, 2.05) is 31.2 Å². The minimum atomic E-state index is 0.343. The number of nitrogens with zero attached hydrogens (tertiary/aromatic N) is 2. The third-order valence-corrected chi connectivity index (χ3v) is 3.85. The van der Waals surface area contributed by atoms with Crippen LogP contribution in [0.25, 0.3) is 21.8 Å². The maximum Gasteiger partial charge on any atom is 0.188 e. The maximum atomic E-state index is 5.96. The molecule has 0 atom stereocenters. The quantitative estimate of drug-likeness (QED) is 0.799. The van der Waals surface area contributed by atoms with Gasteiger partial charge in [-0.05, 0) is 13.0 Å². The Bertz CT molecular complexity index is 748. The number of para-hydroxylation sites is 1. The number of nitrogen functional groups attached to an aromatic ring is 1. The Hall–Kier alpha value is -2.34. The lowest BCUT2D eigenvalue weighted by molar-refractivity contribution is 0.416. The molecule has 2 heterocycles. The fourth-order valence-corrected chi connectivity index (χ4v) is 2.81. The van der Waals surface area contributed by atoms with E-state index >= 15 is 0 Å². The Kier molecular flexibility index (Phi) is 3.15. The molecule has 0 spiro atoms. The van der Waals surface area contributed by atoms with Crippen LogP contribution in [-0.4, -0.2) is 17.3 Å². The van der Waals surface area contributed by atoms with Crippen molar-refractivity contribution in [3.05, 3.63) is 35.5 Å². The lowest BCUT2D eigenvalue weighted by Crippen LogP contribution is -1.92. The van der Waals surface area contributed by atoms with E-state index in [-0.39, 0.29) is 0 Å². The smallest absolute Gasteiger partial charge is 0.188 e. The van der Waals surface area contributed by atoms with E-state index in [1.54, 1.807) is 13.3 Å². The number of hydrogen-bond acceptors (Lipinski definition) is 6. The van der Waals surface area contributed by atoms with Crippen molar-refractivity contribution in [2.75, 3.05) is 12.8 Å². The first-order valence-electron chi connectivity index (χ1n) is 6.02. The third-order valence-electron chi connectivity index (χ3n) is 2.94. The molecule has 0 saturated carbocycles. The highest BCUT2D eigenvalue weighted by atomic mass is 32.1. The van der Waals surface area contributed by atoms with E-state index in [1.165, 1.54) is 11.3 Å². The van der Waals surface area contributed by atoms with Crippen LogP contribution in [0.2, 0.25) is 0 Å². The van der Waals surface area contributed by atoms with Gasteiger partial charge < -0.3 is 15.0 Å². The molecule has 0 unspecified atom stereocenters. The van der Waals surface area contributed by atoms with Gasteiger partial charge in [0.1, 0.15) is 5.75 Å². The van der Waals surface area contributed by atoms with E-state index in [4.69, 9.17) is 15.0 Å².